The lowest BCUT2D eigenvalue weighted by molar-refractivity contribution is 0.166. The average molecular weight is 323 g/mol. The van der Waals surface area contributed by atoms with Gasteiger partial charge in [0.05, 0.1) is 0 Å². The van der Waals surface area contributed by atoms with Crippen molar-refractivity contribution in [3.8, 4) is 0 Å². The van der Waals surface area contributed by atoms with Gasteiger partial charge in [-0.25, -0.2) is 4.79 Å². The van der Waals surface area contributed by atoms with Crippen LogP contribution in [0.1, 0.15) is 17.5 Å². The van der Waals surface area contributed by atoms with Crippen LogP contribution in [-0.4, -0.2) is 30.1 Å². The fourth-order valence-electron chi connectivity index (χ4n) is 3.34. The Labute approximate surface area is 143 Å². The molecule has 0 aromatic heterocycles. The molecular formula is C20H25N3O. The molecule has 0 aliphatic carbocycles. The molecule has 0 saturated carbocycles. The Morgan fingerprint density at radius 1 is 1.12 bits per heavy atom. The number of benzene rings is 2. The molecule has 3 rings (SSSR count). The van der Waals surface area contributed by atoms with E-state index in [1.165, 1.54) is 11.1 Å². The zero-order valence-corrected chi connectivity index (χ0v) is 14.1. The van der Waals surface area contributed by atoms with Crippen LogP contribution in [0.3, 0.4) is 0 Å². The fourth-order valence-corrected chi connectivity index (χ4v) is 3.34. The van der Waals surface area contributed by atoms with Crippen molar-refractivity contribution in [2.24, 2.45) is 11.7 Å². The summed E-state index contributed by atoms with van der Waals surface area (Å²) in [5.74, 6) is 0.401. The summed E-state index contributed by atoms with van der Waals surface area (Å²) in [7, 11) is 0. The number of para-hydroxylation sites is 1. The van der Waals surface area contributed by atoms with Crippen molar-refractivity contribution in [2.45, 2.75) is 25.8 Å². The van der Waals surface area contributed by atoms with Gasteiger partial charge in [-0.2, -0.15) is 0 Å². The predicted molar refractivity (Wildman–Crippen MR) is 98.0 cm³/mol. The van der Waals surface area contributed by atoms with Crippen LogP contribution < -0.4 is 11.1 Å². The lowest BCUT2D eigenvalue weighted by Gasteiger charge is -2.36. The number of carbonyl (C=O) groups excluding carboxylic acids is 1. The van der Waals surface area contributed by atoms with E-state index in [9.17, 15) is 4.79 Å². The maximum atomic E-state index is 12.5. The Bertz CT molecular complexity index is 669. The van der Waals surface area contributed by atoms with Crippen LogP contribution in [0.2, 0.25) is 0 Å². The van der Waals surface area contributed by atoms with Gasteiger partial charge in [0.1, 0.15) is 0 Å². The second-order valence-electron chi connectivity index (χ2n) is 6.75. The lowest BCUT2D eigenvalue weighted by Crippen LogP contribution is -2.51. The number of hydrogen-bond donors (Lipinski definition) is 2. The highest BCUT2D eigenvalue weighted by Crippen LogP contribution is 2.21. The van der Waals surface area contributed by atoms with Crippen molar-refractivity contribution in [2.75, 3.05) is 18.4 Å². The number of urea groups is 1. The molecule has 2 unspecified atom stereocenters. The summed E-state index contributed by atoms with van der Waals surface area (Å²) in [6, 6.07) is 18.1. The first-order chi connectivity index (χ1) is 11.6. The SMILES string of the molecule is Cc1ccc(CC2CC(N)CN(C(=O)Nc3ccccc3)C2)cc1. The van der Waals surface area contributed by atoms with Gasteiger partial charge in [-0.15, -0.1) is 0 Å². The standard InChI is InChI=1S/C20H25N3O/c1-15-7-9-16(10-8-15)11-17-12-18(21)14-23(13-17)20(24)22-19-5-3-2-4-6-19/h2-10,17-18H,11-14,21H2,1H3,(H,22,24). The number of aryl methyl sites for hydroxylation is 1. The first-order valence-electron chi connectivity index (χ1n) is 8.52. The zero-order valence-electron chi connectivity index (χ0n) is 14.1. The number of nitrogens with zero attached hydrogens (tertiary/aromatic N) is 1. The Hall–Kier alpha value is -2.33. The lowest BCUT2D eigenvalue weighted by atomic mass is 9.89. The third-order valence-electron chi connectivity index (χ3n) is 4.53. The average Bonchev–Trinajstić information content (AvgIpc) is 2.57. The van der Waals surface area contributed by atoms with E-state index in [2.05, 4.69) is 36.5 Å². The van der Waals surface area contributed by atoms with Crippen molar-refractivity contribution < 1.29 is 4.79 Å². The Morgan fingerprint density at radius 2 is 1.83 bits per heavy atom. The van der Waals surface area contributed by atoms with E-state index in [1.807, 2.05) is 35.2 Å². The van der Waals surface area contributed by atoms with Crippen LogP contribution in [0.25, 0.3) is 0 Å². The number of anilines is 1. The molecule has 1 heterocycles. The number of piperidine rings is 1. The number of carbonyl (C=O) groups is 1. The molecule has 1 fully saturated rings. The van der Waals surface area contributed by atoms with Crippen molar-refractivity contribution >= 4 is 11.7 Å². The Morgan fingerprint density at radius 3 is 2.54 bits per heavy atom. The monoisotopic (exact) mass is 323 g/mol. The van der Waals surface area contributed by atoms with Gasteiger partial charge in [-0.3, -0.25) is 0 Å². The Kier molecular flexibility index (Phi) is 5.16. The first-order valence-corrected chi connectivity index (χ1v) is 8.52. The van der Waals surface area contributed by atoms with Crippen LogP contribution in [0, 0.1) is 12.8 Å². The summed E-state index contributed by atoms with van der Waals surface area (Å²) in [6.45, 7) is 3.46. The van der Waals surface area contributed by atoms with Gasteiger partial charge in [-0.05, 0) is 43.4 Å². The second-order valence-corrected chi connectivity index (χ2v) is 6.75. The number of nitrogens with one attached hydrogen (secondary N) is 1. The van der Waals surface area contributed by atoms with Crippen molar-refractivity contribution in [1.82, 2.24) is 4.90 Å². The number of amides is 2. The molecule has 0 bridgehead atoms. The number of likely N-dealkylation sites (tertiary alicyclic amines) is 1. The summed E-state index contributed by atoms with van der Waals surface area (Å²) in [6.07, 6.45) is 1.92. The highest BCUT2D eigenvalue weighted by Gasteiger charge is 2.28. The van der Waals surface area contributed by atoms with Gasteiger partial charge in [0.25, 0.3) is 0 Å². The van der Waals surface area contributed by atoms with E-state index in [4.69, 9.17) is 5.73 Å². The van der Waals surface area contributed by atoms with E-state index in [-0.39, 0.29) is 12.1 Å². The highest BCUT2D eigenvalue weighted by atomic mass is 16.2. The van der Waals surface area contributed by atoms with E-state index in [1.54, 1.807) is 0 Å². The summed E-state index contributed by atoms with van der Waals surface area (Å²) in [4.78, 5) is 14.4. The minimum atomic E-state index is -0.0646. The molecule has 2 aromatic rings. The molecule has 4 nitrogen and oxygen atoms in total. The molecule has 4 heteroatoms. The molecule has 2 aromatic carbocycles. The molecule has 2 atom stereocenters. The molecule has 0 radical (unpaired) electrons. The van der Waals surface area contributed by atoms with Crippen molar-refractivity contribution in [1.29, 1.82) is 0 Å². The molecule has 2 amide bonds. The smallest absolute Gasteiger partial charge is 0.321 e. The van der Waals surface area contributed by atoms with Crippen LogP contribution in [0.15, 0.2) is 54.6 Å². The number of hydrogen-bond acceptors (Lipinski definition) is 2. The van der Waals surface area contributed by atoms with Crippen LogP contribution in [0.4, 0.5) is 10.5 Å². The van der Waals surface area contributed by atoms with Crippen molar-refractivity contribution in [3.05, 3.63) is 65.7 Å². The van der Waals surface area contributed by atoms with Gasteiger partial charge in [-0.1, -0.05) is 48.0 Å². The molecule has 1 aliphatic rings. The van der Waals surface area contributed by atoms with E-state index in [0.717, 1.165) is 25.1 Å². The maximum Gasteiger partial charge on any atom is 0.321 e. The largest absolute Gasteiger partial charge is 0.326 e. The molecule has 126 valence electrons. The number of nitrogens with two attached hydrogens (primary N) is 1. The summed E-state index contributed by atoms with van der Waals surface area (Å²) in [5, 5.41) is 2.96. The highest BCUT2D eigenvalue weighted by molar-refractivity contribution is 5.89. The van der Waals surface area contributed by atoms with Crippen LogP contribution in [-0.2, 0) is 6.42 Å². The van der Waals surface area contributed by atoms with E-state index >= 15 is 0 Å². The number of rotatable bonds is 3. The second kappa shape index (κ2) is 7.49. The van der Waals surface area contributed by atoms with Gasteiger partial charge < -0.3 is 16.0 Å². The minimum absolute atomic E-state index is 0.0377. The summed E-state index contributed by atoms with van der Waals surface area (Å²) in [5.41, 5.74) is 9.59. The fraction of sp³-hybridized carbons (Fsp3) is 0.350. The first kappa shape index (κ1) is 16.5. The summed E-state index contributed by atoms with van der Waals surface area (Å²) < 4.78 is 0. The van der Waals surface area contributed by atoms with Gasteiger partial charge in [0, 0.05) is 24.8 Å². The third kappa shape index (κ3) is 4.36. The normalized spacial score (nSPS) is 20.7. The molecule has 24 heavy (non-hydrogen) atoms. The Balaban J connectivity index is 1.62. The predicted octanol–water partition coefficient (Wildman–Crippen LogP) is 3.42. The van der Waals surface area contributed by atoms with E-state index < -0.39 is 0 Å². The topological polar surface area (TPSA) is 58.4 Å². The maximum absolute atomic E-state index is 12.5. The van der Waals surface area contributed by atoms with Gasteiger partial charge in [0.15, 0.2) is 0 Å². The van der Waals surface area contributed by atoms with E-state index in [0.29, 0.717) is 12.5 Å². The van der Waals surface area contributed by atoms with Gasteiger partial charge >= 0.3 is 6.03 Å². The van der Waals surface area contributed by atoms with Crippen LogP contribution in [0.5, 0.6) is 0 Å². The van der Waals surface area contributed by atoms with Crippen LogP contribution >= 0.6 is 0 Å². The summed E-state index contributed by atoms with van der Waals surface area (Å²) >= 11 is 0. The molecular weight excluding hydrogens is 298 g/mol. The molecule has 0 spiro atoms. The minimum Gasteiger partial charge on any atom is -0.326 e. The molecule has 3 N–H and O–H groups in total. The van der Waals surface area contributed by atoms with Gasteiger partial charge in [0.2, 0.25) is 0 Å². The molecule has 1 saturated heterocycles. The third-order valence-corrected chi connectivity index (χ3v) is 4.53. The molecule has 1 aliphatic heterocycles. The zero-order chi connectivity index (χ0) is 16.9. The quantitative estimate of drug-likeness (QED) is 0.909. The van der Waals surface area contributed by atoms with Crippen molar-refractivity contribution in [3.63, 3.8) is 0 Å².